The van der Waals surface area contributed by atoms with Crippen LogP contribution in [0.4, 0.5) is 5.82 Å². The minimum absolute atomic E-state index is 0.234. The first kappa shape index (κ1) is 15.5. The van der Waals surface area contributed by atoms with E-state index in [1.807, 2.05) is 0 Å². The van der Waals surface area contributed by atoms with E-state index in [9.17, 15) is 4.79 Å². The van der Waals surface area contributed by atoms with Gasteiger partial charge in [0, 0.05) is 19.5 Å². The van der Waals surface area contributed by atoms with Crippen molar-refractivity contribution in [1.82, 2.24) is 9.97 Å². The molecular formula is C15H24N4O2. The standard InChI is InChI=1S/C15H24N4O2/c1-11(2)10-21-15-8-17-7-14(18-15)19-5-3-4-12(9-19)6-13(16)20/h7-8,11-12H,3-6,9-10H2,1-2H3,(H2,16,20). The van der Waals surface area contributed by atoms with Crippen LogP contribution >= 0.6 is 0 Å². The molecule has 1 saturated heterocycles. The Balaban J connectivity index is 2.00. The van der Waals surface area contributed by atoms with Crippen LogP contribution in [0.5, 0.6) is 5.88 Å². The van der Waals surface area contributed by atoms with Gasteiger partial charge in [-0.1, -0.05) is 13.8 Å². The number of nitrogens with two attached hydrogens (primary N) is 1. The molecular weight excluding hydrogens is 268 g/mol. The van der Waals surface area contributed by atoms with Crippen LogP contribution in [-0.4, -0.2) is 35.6 Å². The van der Waals surface area contributed by atoms with E-state index >= 15 is 0 Å². The predicted octanol–water partition coefficient (Wildman–Crippen LogP) is 1.60. The van der Waals surface area contributed by atoms with Gasteiger partial charge >= 0.3 is 0 Å². The van der Waals surface area contributed by atoms with E-state index in [1.54, 1.807) is 12.4 Å². The average Bonchev–Trinajstić information content (AvgIpc) is 2.45. The second kappa shape index (κ2) is 7.24. The number of primary amides is 1. The van der Waals surface area contributed by atoms with Gasteiger partial charge in [-0.15, -0.1) is 0 Å². The van der Waals surface area contributed by atoms with E-state index in [4.69, 9.17) is 10.5 Å². The highest BCUT2D eigenvalue weighted by Crippen LogP contribution is 2.24. The topological polar surface area (TPSA) is 81.3 Å². The molecule has 6 heteroatoms. The summed E-state index contributed by atoms with van der Waals surface area (Å²) in [5.41, 5.74) is 5.29. The summed E-state index contributed by atoms with van der Waals surface area (Å²) < 4.78 is 5.62. The maximum atomic E-state index is 11.1. The minimum Gasteiger partial charge on any atom is -0.476 e. The van der Waals surface area contributed by atoms with Crippen molar-refractivity contribution in [3.63, 3.8) is 0 Å². The zero-order valence-corrected chi connectivity index (χ0v) is 12.8. The zero-order valence-electron chi connectivity index (χ0n) is 12.8. The van der Waals surface area contributed by atoms with Crippen molar-refractivity contribution in [2.24, 2.45) is 17.6 Å². The third kappa shape index (κ3) is 4.88. The monoisotopic (exact) mass is 292 g/mol. The zero-order chi connectivity index (χ0) is 15.2. The second-order valence-electron chi connectivity index (χ2n) is 6.05. The highest BCUT2D eigenvalue weighted by atomic mass is 16.5. The Morgan fingerprint density at radius 3 is 3.05 bits per heavy atom. The SMILES string of the molecule is CC(C)COc1cncc(N2CCCC(CC(N)=O)C2)n1. The molecule has 2 rings (SSSR count). The number of amides is 1. The van der Waals surface area contributed by atoms with Gasteiger partial charge in [0.2, 0.25) is 11.8 Å². The summed E-state index contributed by atoms with van der Waals surface area (Å²) in [6.07, 6.45) is 5.90. The van der Waals surface area contributed by atoms with Gasteiger partial charge in [0.15, 0.2) is 5.82 Å². The number of anilines is 1. The van der Waals surface area contributed by atoms with Crippen LogP contribution in [0.3, 0.4) is 0 Å². The molecule has 1 atom stereocenters. The molecule has 116 valence electrons. The summed E-state index contributed by atoms with van der Waals surface area (Å²) in [4.78, 5) is 21.9. The summed E-state index contributed by atoms with van der Waals surface area (Å²) in [5, 5.41) is 0. The van der Waals surface area contributed by atoms with Crippen molar-refractivity contribution in [3.05, 3.63) is 12.4 Å². The number of hydrogen-bond acceptors (Lipinski definition) is 5. The lowest BCUT2D eigenvalue weighted by Crippen LogP contribution is -2.37. The van der Waals surface area contributed by atoms with Crippen molar-refractivity contribution in [3.8, 4) is 5.88 Å². The quantitative estimate of drug-likeness (QED) is 0.861. The molecule has 6 nitrogen and oxygen atoms in total. The number of carbonyl (C=O) groups excluding carboxylic acids is 1. The summed E-state index contributed by atoms with van der Waals surface area (Å²) >= 11 is 0. The summed E-state index contributed by atoms with van der Waals surface area (Å²) in [5.74, 6) is 1.88. The number of ether oxygens (including phenoxy) is 1. The van der Waals surface area contributed by atoms with Gasteiger partial charge in [0.05, 0.1) is 19.0 Å². The number of carbonyl (C=O) groups is 1. The Morgan fingerprint density at radius 1 is 1.52 bits per heavy atom. The fourth-order valence-electron chi connectivity index (χ4n) is 2.54. The van der Waals surface area contributed by atoms with Crippen LogP contribution in [0, 0.1) is 11.8 Å². The average molecular weight is 292 g/mol. The number of aromatic nitrogens is 2. The van der Waals surface area contributed by atoms with Crippen molar-refractivity contribution in [1.29, 1.82) is 0 Å². The van der Waals surface area contributed by atoms with E-state index in [2.05, 4.69) is 28.7 Å². The lowest BCUT2D eigenvalue weighted by molar-refractivity contribution is -0.118. The first-order valence-electron chi connectivity index (χ1n) is 7.52. The minimum atomic E-state index is -0.234. The molecule has 1 aromatic heterocycles. The van der Waals surface area contributed by atoms with Crippen LogP contribution < -0.4 is 15.4 Å². The molecule has 1 aliphatic heterocycles. The van der Waals surface area contributed by atoms with Gasteiger partial charge in [-0.25, -0.2) is 0 Å². The molecule has 1 unspecified atom stereocenters. The molecule has 0 saturated carbocycles. The normalized spacial score (nSPS) is 18.8. The molecule has 0 aromatic carbocycles. The van der Waals surface area contributed by atoms with Gasteiger partial charge in [-0.05, 0) is 24.7 Å². The van der Waals surface area contributed by atoms with Gasteiger partial charge in [-0.2, -0.15) is 4.98 Å². The van der Waals surface area contributed by atoms with Crippen LogP contribution in [-0.2, 0) is 4.79 Å². The van der Waals surface area contributed by atoms with E-state index in [1.165, 1.54) is 0 Å². The third-order valence-electron chi connectivity index (χ3n) is 3.50. The predicted molar refractivity (Wildman–Crippen MR) is 81.1 cm³/mol. The molecule has 1 aromatic rings. The van der Waals surface area contributed by atoms with Crippen molar-refractivity contribution < 1.29 is 9.53 Å². The first-order valence-corrected chi connectivity index (χ1v) is 7.52. The van der Waals surface area contributed by atoms with E-state index in [0.29, 0.717) is 30.7 Å². The molecule has 2 N–H and O–H groups in total. The Labute approximate surface area is 125 Å². The van der Waals surface area contributed by atoms with Gasteiger partial charge in [0.1, 0.15) is 0 Å². The molecule has 0 spiro atoms. The summed E-state index contributed by atoms with van der Waals surface area (Å²) in [6.45, 7) is 6.54. The largest absolute Gasteiger partial charge is 0.476 e. The van der Waals surface area contributed by atoms with Crippen LogP contribution in [0.15, 0.2) is 12.4 Å². The molecule has 1 aliphatic rings. The van der Waals surface area contributed by atoms with Gasteiger partial charge in [0.25, 0.3) is 0 Å². The second-order valence-corrected chi connectivity index (χ2v) is 6.05. The Hall–Kier alpha value is -1.85. The fourth-order valence-corrected chi connectivity index (χ4v) is 2.54. The molecule has 0 radical (unpaired) electrons. The lowest BCUT2D eigenvalue weighted by Gasteiger charge is -2.33. The lowest BCUT2D eigenvalue weighted by atomic mass is 9.94. The number of hydrogen-bond donors (Lipinski definition) is 1. The van der Waals surface area contributed by atoms with Gasteiger partial charge < -0.3 is 15.4 Å². The van der Waals surface area contributed by atoms with Crippen LogP contribution in [0.2, 0.25) is 0 Å². The summed E-state index contributed by atoms with van der Waals surface area (Å²) in [6, 6.07) is 0. The van der Waals surface area contributed by atoms with E-state index in [-0.39, 0.29) is 5.91 Å². The first-order chi connectivity index (χ1) is 10.0. The number of piperidine rings is 1. The fraction of sp³-hybridized carbons (Fsp3) is 0.667. The summed E-state index contributed by atoms with van der Waals surface area (Å²) in [7, 11) is 0. The highest BCUT2D eigenvalue weighted by molar-refractivity contribution is 5.74. The molecule has 1 amide bonds. The Kier molecular flexibility index (Phi) is 5.36. The Bertz CT molecular complexity index is 478. The molecule has 0 bridgehead atoms. The Morgan fingerprint density at radius 2 is 2.33 bits per heavy atom. The maximum Gasteiger partial charge on any atom is 0.234 e. The highest BCUT2D eigenvalue weighted by Gasteiger charge is 2.22. The van der Waals surface area contributed by atoms with Crippen LogP contribution in [0.1, 0.15) is 33.1 Å². The van der Waals surface area contributed by atoms with E-state index < -0.39 is 0 Å². The third-order valence-corrected chi connectivity index (χ3v) is 3.50. The number of rotatable bonds is 6. The smallest absolute Gasteiger partial charge is 0.234 e. The van der Waals surface area contributed by atoms with Crippen molar-refractivity contribution in [2.45, 2.75) is 33.1 Å². The molecule has 0 aliphatic carbocycles. The molecule has 2 heterocycles. The van der Waals surface area contributed by atoms with E-state index in [0.717, 1.165) is 31.7 Å². The van der Waals surface area contributed by atoms with Gasteiger partial charge in [-0.3, -0.25) is 9.78 Å². The number of nitrogens with zero attached hydrogens (tertiary/aromatic N) is 3. The van der Waals surface area contributed by atoms with Crippen LogP contribution in [0.25, 0.3) is 0 Å². The van der Waals surface area contributed by atoms with Crippen molar-refractivity contribution in [2.75, 3.05) is 24.6 Å². The molecule has 1 fully saturated rings. The molecule has 21 heavy (non-hydrogen) atoms. The van der Waals surface area contributed by atoms with Crippen molar-refractivity contribution >= 4 is 11.7 Å². The maximum absolute atomic E-state index is 11.1.